The van der Waals surface area contributed by atoms with Crippen molar-refractivity contribution in [2.75, 3.05) is 85.6 Å². The third-order valence-corrected chi connectivity index (χ3v) is 11.6. The highest BCUT2D eigenvalue weighted by molar-refractivity contribution is 6.00. The molecule has 0 spiro atoms. The van der Waals surface area contributed by atoms with Gasteiger partial charge in [-0.15, -0.1) is 0 Å². The molecule has 0 radical (unpaired) electrons. The van der Waals surface area contributed by atoms with Crippen molar-refractivity contribution in [1.29, 1.82) is 0 Å². The van der Waals surface area contributed by atoms with Crippen molar-refractivity contribution in [1.82, 2.24) is 36.0 Å². The molecular weight excluding hydrogens is 1000 g/mol. The second kappa shape index (κ2) is 34.9. The fraction of sp³-hybridized carbons (Fsp3) is 0.542. The van der Waals surface area contributed by atoms with Crippen molar-refractivity contribution < 1.29 is 83.3 Å². The maximum absolute atomic E-state index is 14.2. The van der Waals surface area contributed by atoms with Crippen molar-refractivity contribution >= 4 is 59.4 Å². The number of hydrogen-bond donors (Lipinski definition) is 13. The Morgan fingerprint density at radius 3 is 1.91 bits per heavy atom. The molecule has 0 aliphatic rings. The fourth-order valence-corrected chi connectivity index (χ4v) is 7.56. The molecule has 0 heterocycles. The predicted molar refractivity (Wildman–Crippen MR) is 272 cm³/mol. The molecule has 2 rings (SSSR count). The quantitative estimate of drug-likeness (QED) is 0.0145. The number of aliphatic carboxylic acids is 5. The number of benzene rings is 2. The van der Waals surface area contributed by atoms with Gasteiger partial charge in [-0.2, -0.15) is 0 Å². The number of carbonyl (C=O) groups excluding carboxylic acids is 4. The Morgan fingerprint density at radius 2 is 1.33 bits per heavy atom. The van der Waals surface area contributed by atoms with Gasteiger partial charge < -0.3 is 78.6 Å². The molecule has 28 nitrogen and oxygen atoms in total. The van der Waals surface area contributed by atoms with E-state index in [-0.39, 0.29) is 62.7 Å². The molecule has 28 heteroatoms. The summed E-state index contributed by atoms with van der Waals surface area (Å²) in [4.78, 5) is 122. The number of ether oxygens (including phenoxy) is 2. The van der Waals surface area contributed by atoms with Gasteiger partial charge in [-0.1, -0.05) is 56.7 Å². The van der Waals surface area contributed by atoms with Gasteiger partial charge in [0.15, 0.2) is 5.96 Å². The molecule has 76 heavy (non-hydrogen) atoms. The van der Waals surface area contributed by atoms with Gasteiger partial charge in [-0.3, -0.25) is 58.0 Å². The highest BCUT2D eigenvalue weighted by Gasteiger charge is 2.32. The van der Waals surface area contributed by atoms with Gasteiger partial charge in [-0.25, -0.2) is 4.79 Å². The Hall–Kier alpha value is -7.50. The normalized spacial score (nSPS) is 13.1. The van der Waals surface area contributed by atoms with Gasteiger partial charge in [0.25, 0.3) is 5.91 Å². The highest BCUT2D eigenvalue weighted by Crippen LogP contribution is 2.27. The summed E-state index contributed by atoms with van der Waals surface area (Å²) in [5.74, 6) is -10.8. The van der Waals surface area contributed by atoms with Crippen LogP contribution in [0.3, 0.4) is 0 Å². The number of unbranched alkanes of at least 4 members (excludes halogenated alkanes) is 1. The summed E-state index contributed by atoms with van der Waals surface area (Å²) in [6.07, 6.45) is 1.53. The maximum atomic E-state index is 14.2. The number of aliphatic hydroxyl groups excluding tert-OH is 1. The van der Waals surface area contributed by atoms with Gasteiger partial charge in [0, 0.05) is 26.2 Å². The van der Waals surface area contributed by atoms with Crippen molar-refractivity contribution in [3.05, 3.63) is 54.1 Å². The number of aliphatic imine (C=N–C) groups is 1. The van der Waals surface area contributed by atoms with Crippen molar-refractivity contribution in [2.45, 2.75) is 76.5 Å². The minimum atomic E-state index is -1.35. The van der Waals surface area contributed by atoms with E-state index in [0.717, 1.165) is 4.90 Å². The topological polar surface area (TPSA) is 442 Å². The van der Waals surface area contributed by atoms with Gasteiger partial charge in [0.1, 0.15) is 44.0 Å². The fourth-order valence-electron chi connectivity index (χ4n) is 7.56. The van der Waals surface area contributed by atoms with Crippen LogP contribution in [0.5, 0.6) is 5.75 Å². The standard InChI is InChI=1S/C48H73N11O17/c1-3-30(2)43(46(72)54-35(13-9-17-52-48(50)51)45(71)55-36(47(73)74)12-7-8-16-49)56-38(61)21-53-44(70)34-20-32(31-10-5-4-6-11-31)14-15-37(34)76-27-33(59(26-42(68)69)28-75-29-60)22-57(23-39(62)63)18-19-58(24-40(64)65)25-41(66)67/h4-6,10-11,14-15,20,30,33,35-36,43,60H,3,7-9,12-13,16-19,21-29,49H2,1-2H3,(H,53,70)(H,54,72)(H,55,71)(H,56,61)(H,62,63)(H,64,65)(H,66,67)(H,68,69)(H,73,74)(H4,50,51,52)/t30?,33-,35?,36?,43?/m1/s1. The number of guanidine groups is 1. The van der Waals surface area contributed by atoms with Gasteiger partial charge in [-0.05, 0) is 67.8 Å². The minimum absolute atomic E-state index is 0.0233. The molecule has 0 fully saturated rings. The van der Waals surface area contributed by atoms with Crippen LogP contribution in [0.2, 0.25) is 0 Å². The lowest BCUT2D eigenvalue weighted by Crippen LogP contribution is -2.57. The largest absolute Gasteiger partial charge is 0.491 e. The van der Waals surface area contributed by atoms with Gasteiger partial charge in [0.05, 0.1) is 44.3 Å². The van der Waals surface area contributed by atoms with E-state index in [1.54, 1.807) is 50.2 Å². The summed E-state index contributed by atoms with van der Waals surface area (Å²) in [5, 5.41) is 67.8. The Kier molecular flexibility index (Phi) is 29.7. The molecule has 2 aromatic carbocycles. The first-order chi connectivity index (χ1) is 36.1. The van der Waals surface area contributed by atoms with Crippen LogP contribution in [-0.4, -0.2) is 215 Å². The number of carboxylic acids is 5. The van der Waals surface area contributed by atoms with E-state index in [1.807, 2.05) is 0 Å². The number of nitrogens with two attached hydrogens (primary N) is 3. The van der Waals surface area contributed by atoms with Crippen LogP contribution in [0.15, 0.2) is 53.5 Å². The van der Waals surface area contributed by atoms with Crippen LogP contribution in [0.25, 0.3) is 11.1 Å². The number of rotatable bonds is 40. The SMILES string of the molecule is CCC(C)C(NC(=O)CNC(=O)c1cc(-c2ccccc2)ccc1OC[C@@H](CN(CCN(CC(=O)O)CC(=O)O)CC(=O)O)N(COCO)CC(=O)O)C(=O)NC(CCCN=C(N)N)C(=O)NC(CCCCN)C(=O)O. The summed E-state index contributed by atoms with van der Waals surface area (Å²) >= 11 is 0. The summed E-state index contributed by atoms with van der Waals surface area (Å²) in [7, 11) is 0. The Bertz CT molecular complexity index is 2240. The van der Waals surface area contributed by atoms with E-state index in [1.165, 1.54) is 21.9 Å². The average Bonchev–Trinajstić information content (AvgIpc) is 3.36. The van der Waals surface area contributed by atoms with Crippen molar-refractivity contribution in [3.63, 3.8) is 0 Å². The molecule has 422 valence electrons. The highest BCUT2D eigenvalue weighted by atomic mass is 16.6. The second-order valence-electron chi connectivity index (χ2n) is 17.6. The molecule has 0 saturated heterocycles. The van der Waals surface area contributed by atoms with E-state index in [9.17, 15) is 73.8 Å². The molecule has 0 aliphatic heterocycles. The smallest absolute Gasteiger partial charge is 0.326 e. The molecule has 0 aliphatic carbocycles. The Balaban J connectivity index is 2.49. The lowest BCUT2D eigenvalue weighted by Gasteiger charge is -2.34. The molecule has 2 aromatic rings. The predicted octanol–water partition coefficient (Wildman–Crippen LogP) is -2.23. The number of amides is 4. The molecule has 16 N–H and O–H groups in total. The number of nitrogens with one attached hydrogen (secondary N) is 4. The van der Waals surface area contributed by atoms with Crippen LogP contribution >= 0.6 is 0 Å². The number of carbonyl (C=O) groups is 9. The first-order valence-corrected chi connectivity index (χ1v) is 24.3. The summed E-state index contributed by atoms with van der Waals surface area (Å²) in [5.41, 5.74) is 17.5. The molecule has 0 bridgehead atoms. The van der Waals surface area contributed by atoms with Gasteiger partial charge >= 0.3 is 29.8 Å². The van der Waals surface area contributed by atoms with Crippen molar-refractivity contribution in [2.24, 2.45) is 28.1 Å². The van der Waals surface area contributed by atoms with E-state index in [4.69, 9.17) is 26.7 Å². The molecule has 4 unspecified atom stereocenters. The summed E-state index contributed by atoms with van der Waals surface area (Å²) in [6, 6.07) is 8.42. The van der Waals surface area contributed by atoms with Crippen molar-refractivity contribution in [3.8, 4) is 16.9 Å². The zero-order valence-corrected chi connectivity index (χ0v) is 42.6. The molecular formula is C48H73N11O17. The lowest BCUT2D eigenvalue weighted by atomic mass is 9.97. The zero-order chi connectivity index (χ0) is 56.7. The maximum Gasteiger partial charge on any atom is 0.326 e. The number of hydrogen-bond acceptors (Lipinski definition) is 17. The number of aliphatic hydroxyl groups is 1. The third kappa shape index (κ3) is 25.2. The van der Waals surface area contributed by atoms with Crippen LogP contribution in [0.4, 0.5) is 0 Å². The molecule has 4 amide bonds. The second-order valence-corrected chi connectivity index (χ2v) is 17.6. The van der Waals surface area contributed by atoms with Crippen LogP contribution in [0.1, 0.15) is 62.7 Å². The zero-order valence-electron chi connectivity index (χ0n) is 42.6. The van der Waals surface area contributed by atoms with Crippen LogP contribution in [0, 0.1) is 5.92 Å². The number of nitrogens with zero attached hydrogens (tertiary/aromatic N) is 4. The van der Waals surface area contributed by atoms with E-state index >= 15 is 0 Å². The average molecular weight is 1080 g/mol. The van der Waals surface area contributed by atoms with E-state index in [2.05, 4.69) is 26.3 Å². The Morgan fingerprint density at radius 1 is 0.724 bits per heavy atom. The summed E-state index contributed by atoms with van der Waals surface area (Å²) < 4.78 is 11.3. The van der Waals surface area contributed by atoms with E-state index in [0.29, 0.717) is 36.9 Å². The Labute approximate surface area is 438 Å². The molecule has 0 aromatic heterocycles. The lowest BCUT2D eigenvalue weighted by molar-refractivity contribution is -0.145. The molecule has 0 saturated carbocycles. The minimum Gasteiger partial charge on any atom is -0.491 e. The third-order valence-electron chi connectivity index (χ3n) is 11.6. The van der Waals surface area contributed by atoms with E-state index < -0.39 is 136 Å². The number of carboxylic acid groups (broad SMARTS) is 5. The first kappa shape index (κ1) is 64.6. The van der Waals surface area contributed by atoms with Gasteiger partial charge in [0.2, 0.25) is 17.7 Å². The summed E-state index contributed by atoms with van der Waals surface area (Å²) in [6.45, 7) is -2.23. The monoisotopic (exact) mass is 1080 g/mol. The first-order valence-electron chi connectivity index (χ1n) is 24.3. The molecule has 5 atom stereocenters. The van der Waals surface area contributed by atoms with Crippen LogP contribution < -0.4 is 43.2 Å². The van der Waals surface area contributed by atoms with Crippen LogP contribution in [-0.2, 0) is 43.1 Å².